The second kappa shape index (κ2) is 6.55. The number of rotatable bonds is 4. The van der Waals surface area contributed by atoms with Gasteiger partial charge in [0.1, 0.15) is 0 Å². The molecule has 1 saturated heterocycles. The largest absolute Gasteiger partial charge is 0.312 e. The maximum Gasteiger partial charge on any atom is 0.151 e. The Bertz CT molecular complexity index is 373. The highest BCUT2D eigenvalue weighted by atomic mass is 32.2. The van der Waals surface area contributed by atoms with E-state index in [0.29, 0.717) is 18.6 Å². The van der Waals surface area contributed by atoms with Crippen LogP contribution in [0.2, 0.25) is 0 Å². The predicted molar refractivity (Wildman–Crippen MR) is 81.2 cm³/mol. The summed E-state index contributed by atoms with van der Waals surface area (Å²) in [6.07, 6.45) is 1.08. The third kappa shape index (κ3) is 5.40. The van der Waals surface area contributed by atoms with Crippen LogP contribution >= 0.6 is 0 Å². The van der Waals surface area contributed by atoms with Crippen LogP contribution in [0.4, 0.5) is 0 Å². The molecule has 0 aliphatic carbocycles. The maximum atomic E-state index is 11.7. The van der Waals surface area contributed by atoms with Gasteiger partial charge in [-0.1, -0.05) is 27.7 Å². The molecule has 0 aromatic carbocycles. The van der Waals surface area contributed by atoms with Crippen LogP contribution in [-0.4, -0.2) is 56.5 Å². The number of sulfone groups is 1. The van der Waals surface area contributed by atoms with Gasteiger partial charge >= 0.3 is 0 Å². The van der Waals surface area contributed by atoms with Gasteiger partial charge in [-0.3, -0.25) is 4.90 Å². The lowest BCUT2D eigenvalue weighted by molar-refractivity contribution is 0.172. The van der Waals surface area contributed by atoms with Crippen LogP contribution < -0.4 is 5.32 Å². The van der Waals surface area contributed by atoms with Gasteiger partial charge in [-0.25, -0.2) is 8.42 Å². The van der Waals surface area contributed by atoms with E-state index < -0.39 is 9.84 Å². The van der Waals surface area contributed by atoms with Crippen LogP contribution in [0.25, 0.3) is 0 Å². The van der Waals surface area contributed by atoms with Crippen LogP contribution in [0.3, 0.4) is 0 Å². The van der Waals surface area contributed by atoms with Gasteiger partial charge in [0, 0.05) is 30.9 Å². The van der Waals surface area contributed by atoms with Crippen LogP contribution in [-0.2, 0) is 9.84 Å². The van der Waals surface area contributed by atoms with E-state index in [9.17, 15) is 8.42 Å². The van der Waals surface area contributed by atoms with E-state index in [1.54, 1.807) is 6.92 Å². The van der Waals surface area contributed by atoms with Crippen molar-refractivity contribution in [1.29, 1.82) is 0 Å². The molecule has 0 amide bonds. The second-order valence-corrected chi connectivity index (χ2v) is 9.21. The molecule has 2 atom stereocenters. The standard InChI is InChI=1S/C14H30N2O2S/c1-6-19(17,18)10-9-16-11-13(14(3,4)5)15-8-7-12(16)2/h12-13,15H,6-11H2,1-5H3. The third-order valence-corrected chi connectivity index (χ3v) is 5.85. The Kier molecular flexibility index (Phi) is 5.83. The monoisotopic (exact) mass is 290 g/mol. The van der Waals surface area contributed by atoms with E-state index in [4.69, 9.17) is 0 Å². The smallest absolute Gasteiger partial charge is 0.151 e. The molecule has 0 bridgehead atoms. The average Bonchev–Trinajstić information content (AvgIpc) is 2.48. The Labute approximate surface area is 118 Å². The van der Waals surface area contributed by atoms with Crippen molar-refractivity contribution in [2.45, 2.75) is 53.1 Å². The molecule has 1 N–H and O–H groups in total. The van der Waals surface area contributed by atoms with Crippen LogP contribution in [0, 0.1) is 5.41 Å². The molecule has 114 valence electrons. The van der Waals surface area contributed by atoms with Gasteiger partial charge in [-0.15, -0.1) is 0 Å². The SMILES string of the molecule is CCS(=O)(=O)CCN1CC(C(C)(C)C)NCCC1C. The number of nitrogens with one attached hydrogen (secondary N) is 1. The van der Waals surface area contributed by atoms with Crippen molar-refractivity contribution >= 4 is 9.84 Å². The molecule has 0 radical (unpaired) electrons. The maximum absolute atomic E-state index is 11.7. The summed E-state index contributed by atoms with van der Waals surface area (Å²) in [5, 5.41) is 3.60. The lowest BCUT2D eigenvalue weighted by atomic mass is 9.86. The third-order valence-electron chi connectivity index (χ3n) is 4.17. The topological polar surface area (TPSA) is 49.4 Å². The molecule has 4 nitrogen and oxygen atoms in total. The Balaban J connectivity index is 2.68. The van der Waals surface area contributed by atoms with Crippen LogP contribution in [0.15, 0.2) is 0 Å². The molecule has 1 heterocycles. The van der Waals surface area contributed by atoms with Crippen molar-refractivity contribution < 1.29 is 8.42 Å². The van der Waals surface area contributed by atoms with Gasteiger partial charge < -0.3 is 5.32 Å². The van der Waals surface area contributed by atoms with Crippen molar-refractivity contribution in [2.75, 3.05) is 31.1 Å². The first kappa shape index (κ1) is 16.9. The normalized spacial score (nSPS) is 27.2. The molecule has 19 heavy (non-hydrogen) atoms. The van der Waals surface area contributed by atoms with Gasteiger partial charge in [0.25, 0.3) is 0 Å². The van der Waals surface area contributed by atoms with Crippen molar-refractivity contribution in [1.82, 2.24) is 10.2 Å². The highest BCUT2D eigenvalue weighted by molar-refractivity contribution is 7.91. The summed E-state index contributed by atoms with van der Waals surface area (Å²) in [7, 11) is -2.87. The van der Waals surface area contributed by atoms with Crippen LogP contribution in [0.1, 0.15) is 41.0 Å². The quantitative estimate of drug-likeness (QED) is 0.853. The van der Waals surface area contributed by atoms with Gasteiger partial charge in [-0.2, -0.15) is 0 Å². The zero-order chi connectivity index (χ0) is 14.7. The molecule has 1 rings (SSSR count). The van der Waals surface area contributed by atoms with Gasteiger partial charge in [0.2, 0.25) is 0 Å². The molecular weight excluding hydrogens is 260 g/mol. The summed E-state index contributed by atoms with van der Waals surface area (Å²) >= 11 is 0. The average molecular weight is 290 g/mol. The second-order valence-electron chi connectivity index (χ2n) is 6.74. The summed E-state index contributed by atoms with van der Waals surface area (Å²) in [4.78, 5) is 2.34. The molecule has 1 aliphatic rings. The van der Waals surface area contributed by atoms with Crippen LogP contribution in [0.5, 0.6) is 0 Å². The Morgan fingerprint density at radius 1 is 1.32 bits per heavy atom. The predicted octanol–water partition coefficient (Wildman–Crippen LogP) is 1.52. The van der Waals surface area contributed by atoms with E-state index in [-0.39, 0.29) is 16.9 Å². The van der Waals surface area contributed by atoms with Crippen molar-refractivity contribution in [2.24, 2.45) is 5.41 Å². The first-order chi connectivity index (χ1) is 8.65. The van der Waals surface area contributed by atoms with E-state index >= 15 is 0 Å². The number of hydrogen-bond acceptors (Lipinski definition) is 4. The summed E-state index contributed by atoms with van der Waals surface area (Å²) < 4.78 is 23.3. The molecule has 0 saturated carbocycles. The Morgan fingerprint density at radius 3 is 2.47 bits per heavy atom. The zero-order valence-electron chi connectivity index (χ0n) is 13.1. The Morgan fingerprint density at radius 2 is 1.95 bits per heavy atom. The van der Waals surface area contributed by atoms with Gasteiger partial charge in [-0.05, 0) is 25.3 Å². The summed E-state index contributed by atoms with van der Waals surface area (Å²) in [6, 6.07) is 0.869. The van der Waals surface area contributed by atoms with Crippen molar-refractivity contribution in [3.8, 4) is 0 Å². The number of hydrogen-bond donors (Lipinski definition) is 1. The first-order valence-electron chi connectivity index (χ1n) is 7.33. The van der Waals surface area contributed by atoms with Gasteiger partial charge in [0.05, 0.1) is 5.75 Å². The molecule has 1 fully saturated rings. The Hall–Kier alpha value is -0.130. The van der Waals surface area contributed by atoms with E-state index in [2.05, 4.69) is 37.9 Å². The molecule has 0 aromatic heterocycles. The molecular formula is C14H30N2O2S. The minimum atomic E-state index is -2.87. The zero-order valence-corrected chi connectivity index (χ0v) is 13.9. The molecule has 5 heteroatoms. The van der Waals surface area contributed by atoms with E-state index in [0.717, 1.165) is 19.5 Å². The molecule has 1 aliphatic heterocycles. The minimum Gasteiger partial charge on any atom is -0.312 e. The molecule has 2 unspecified atom stereocenters. The van der Waals surface area contributed by atoms with Crippen molar-refractivity contribution in [3.05, 3.63) is 0 Å². The summed E-state index contributed by atoms with van der Waals surface area (Å²) in [6.45, 7) is 13.2. The van der Waals surface area contributed by atoms with Gasteiger partial charge in [0.15, 0.2) is 9.84 Å². The lowest BCUT2D eigenvalue weighted by Crippen LogP contribution is -2.48. The lowest BCUT2D eigenvalue weighted by Gasteiger charge is -2.35. The molecule has 0 spiro atoms. The summed E-state index contributed by atoms with van der Waals surface area (Å²) in [5.74, 6) is 0.529. The fourth-order valence-electron chi connectivity index (χ4n) is 2.42. The fraction of sp³-hybridized carbons (Fsp3) is 1.00. The minimum absolute atomic E-state index is 0.200. The highest BCUT2D eigenvalue weighted by Crippen LogP contribution is 2.23. The first-order valence-corrected chi connectivity index (χ1v) is 9.15. The number of nitrogens with zero attached hydrogens (tertiary/aromatic N) is 1. The van der Waals surface area contributed by atoms with E-state index in [1.807, 2.05) is 0 Å². The molecule has 0 aromatic rings. The van der Waals surface area contributed by atoms with E-state index in [1.165, 1.54) is 0 Å². The highest BCUT2D eigenvalue weighted by Gasteiger charge is 2.30. The summed E-state index contributed by atoms with van der Waals surface area (Å²) in [5.41, 5.74) is 0.200. The fourth-order valence-corrected chi connectivity index (χ4v) is 3.22. The van der Waals surface area contributed by atoms with Crippen molar-refractivity contribution in [3.63, 3.8) is 0 Å².